The normalized spacial score (nSPS) is 12.6. The van der Waals surface area contributed by atoms with E-state index in [-0.39, 0.29) is 18.5 Å². The lowest BCUT2D eigenvalue weighted by atomic mass is 10.0. The van der Waals surface area contributed by atoms with E-state index >= 15 is 0 Å². The summed E-state index contributed by atoms with van der Waals surface area (Å²) in [6, 6.07) is -0.541. The van der Waals surface area contributed by atoms with Crippen LogP contribution in [0.4, 0.5) is 0 Å². The van der Waals surface area contributed by atoms with Crippen LogP contribution in [0.25, 0.3) is 0 Å². The third kappa shape index (κ3) is 52.0. The average Bonchev–Trinajstić information content (AvgIpc) is 3.32. The third-order valence-corrected chi connectivity index (χ3v) is 14.1. The van der Waals surface area contributed by atoms with Gasteiger partial charge in [-0.2, -0.15) is 0 Å². The van der Waals surface area contributed by atoms with Crippen molar-refractivity contribution >= 4 is 11.9 Å². The number of nitrogens with one attached hydrogen (secondary N) is 1. The van der Waals surface area contributed by atoms with Crippen LogP contribution in [0.5, 0.6) is 0 Å². The molecule has 0 aromatic rings. The van der Waals surface area contributed by atoms with E-state index in [1.165, 1.54) is 257 Å². The van der Waals surface area contributed by atoms with Gasteiger partial charge in [0.1, 0.15) is 0 Å². The molecule has 1 amide bonds. The topological polar surface area (TPSA) is 95.9 Å². The largest absolute Gasteiger partial charge is 0.466 e. The highest BCUT2D eigenvalue weighted by molar-refractivity contribution is 5.76. The first kappa shape index (κ1) is 64.6. The SMILES string of the molecule is CCCCC/C=C\CCCCCCCC(=O)OCCCCCCCCCCCCCCCCCCCCCCCC(=O)NC(CO)C(O)CCCCCCCCCCCCCCCCCC. The van der Waals surface area contributed by atoms with Crippen LogP contribution in [0, 0.1) is 0 Å². The van der Waals surface area contributed by atoms with Gasteiger partial charge in [0.25, 0.3) is 0 Å². The van der Waals surface area contributed by atoms with Gasteiger partial charge in [-0.3, -0.25) is 9.59 Å². The summed E-state index contributed by atoms with van der Waals surface area (Å²) in [4.78, 5) is 24.5. The van der Waals surface area contributed by atoms with E-state index in [9.17, 15) is 19.8 Å². The summed E-state index contributed by atoms with van der Waals surface area (Å²) in [6.07, 6.45) is 66.4. The number of allylic oxidation sites excluding steroid dienone is 2. The van der Waals surface area contributed by atoms with Gasteiger partial charge in [0.05, 0.1) is 25.4 Å². The molecule has 2 unspecified atom stereocenters. The Morgan fingerprint density at radius 3 is 1.11 bits per heavy atom. The summed E-state index contributed by atoms with van der Waals surface area (Å²) in [6.45, 7) is 4.94. The molecule has 0 aliphatic heterocycles. The smallest absolute Gasteiger partial charge is 0.305 e. The second-order valence-electron chi connectivity index (χ2n) is 20.7. The molecule has 66 heavy (non-hydrogen) atoms. The van der Waals surface area contributed by atoms with Crippen LogP contribution in [-0.4, -0.2) is 47.4 Å². The predicted octanol–water partition coefficient (Wildman–Crippen LogP) is 18.5. The molecule has 0 aromatic heterocycles. The first-order chi connectivity index (χ1) is 32.5. The number of amides is 1. The van der Waals surface area contributed by atoms with E-state index in [1.807, 2.05) is 0 Å². The Morgan fingerprint density at radius 2 is 0.712 bits per heavy atom. The molecule has 0 aliphatic carbocycles. The van der Waals surface area contributed by atoms with E-state index in [1.54, 1.807) is 0 Å². The Morgan fingerprint density at radius 1 is 0.409 bits per heavy atom. The quantitative estimate of drug-likeness (QED) is 0.0321. The Labute approximate surface area is 412 Å². The molecule has 0 spiro atoms. The van der Waals surface area contributed by atoms with E-state index in [4.69, 9.17) is 4.74 Å². The molecular formula is C60H117NO5. The van der Waals surface area contributed by atoms with Gasteiger partial charge in [-0.1, -0.05) is 283 Å². The van der Waals surface area contributed by atoms with Gasteiger partial charge in [0.2, 0.25) is 5.91 Å². The fourth-order valence-electron chi connectivity index (χ4n) is 9.46. The number of carbonyl (C=O) groups excluding carboxylic acids is 2. The Bertz CT molecular complexity index is 986. The van der Waals surface area contributed by atoms with Crippen molar-refractivity contribution in [1.29, 1.82) is 0 Å². The highest BCUT2D eigenvalue weighted by Crippen LogP contribution is 2.18. The van der Waals surface area contributed by atoms with E-state index in [0.29, 0.717) is 25.9 Å². The van der Waals surface area contributed by atoms with Crippen LogP contribution >= 0.6 is 0 Å². The number of aliphatic hydroxyl groups excluding tert-OH is 2. The molecule has 6 heteroatoms. The molecule has 2 atom stereocenters. The maximum Gasteiger partial charge on any atom is 0.305 e. The molecule has 392 valence electrons. The van der Waals surface area contributed by atoms with E-state index < -0.39 is 12.1 Å². The van der Waals surface area contributed by atoms with Crippen molar-refractivity contribution < 1.29 is 24.5 Å². The van der Waals surface area contributed by atoms with Crippen LogP contribution in [0.2, 0.25) is 0 Å². The number of unbranched alkanes of at least 4 members (excludes halogenated alkanes) is 43. The second-order valence-corrected chi connectivity index (χ2v) is 20.7. The van der Waals surface area contributed by atoms with Gasteiger partial charge in [-0.15, -0.1) is 0 Å². The molecule has 0 saturated carbocycles. The molecule has 0 aliphatic rings. The minimum atomic E-state index is -0.664. The minimum Gasteiger partial charge on any atom is -0.466 e. The van der Waals surface area contributed by atoms with Gasteiger partial charge in [-0.25, -0.2) is 0 Å². The first-order valence-corrected chi connectivity index (χ1v) is 29.9. The number of carbonyl (C=O) groups is 2. The summed E-state index contributed by atoms with van der Waals surface area (Å²) in [5, 5.41) is 23.3. The number of rotatable bonds is 56. The van der Waals surface area contributed by atoms with Gasteiger partial charge in [0.15, 0.2) is 0 Å². The van der Waals surface area contributed by atoms with Crippen molar-refractivity contribution in [3.8, 4) is 0 Å². The van der Waals surface area contributed by atoms with Crippen LogP contribution in [0.15, 0.2) is 12.2 Å². The van der Waals surface area contributed by atoms with Crippen molar-refractivity contribution in [2.45, 2.75) is 347 Å². The molecule has 0 rings (SSSR count). The Balaban J connectivity index is 3.38. The van der Waals surface area contributed by atoms with Crippen molar-refractivity contribution in [3.63, 3.8) is 0 Å². The fourth-order valence-corrected chi connectivity index (χ4v) is 9.46. The molecule has 0 heterocycles. The van der Waals surface area contributed by atoms with Gasteiger partial charge < -0.3 is 20.3 Å². The van der Waals surface area contributed by atoms with Gasteiger partial charge in [-0.05, 0) is 51.4 Å². The molecule has 0 saturated heterocycles. The molecule has 0 radical (unpaired) electrons. The van der Waals surface area contributed by atoms with Crippen LogP contribution in [0.3, 0.4) is 0 Å². The average molecular weight is 933 g/mol. The lowest BCUT2D eigenvalue weighted by Gasteiger charge is -2.22. The lowest BCUT2D eigenvalue weighted by molar-refractivity contribution is -0.143. The zero-order chi connectivity index (χ0) is 47.9. The number of aliphatic hydroxyl groups is 2. The summed E-state index contributed by atoms with van der Waals surface area (Å²) >= 11 is 0. The van der Waals surface area contributed by atoms with Gasteiger partial charge in [0, 0.05) is 12.8 Å². The molecule has 0 bridgehead atoms. The number of ether oxygens (including phenoxy) is 1. The Kier molecular flexibility index (Phi) is 55.0. The summed E-state index contributed by atoms with van der Waals surface area (Å²) in [5.74, 6) is -0.0310. The number of hydrogen-bond acceptors (Lipinski definition) is 5. The molecule has 6 nitrogen and oxygen atoms in total. The summed E-state index contributed by atoms with van der Waals surface area (Å²) in [5.41, 5.74) is 0. The highest BCUT2D eigenvalue weighted by atomic mass is 16.5. The van der Waals surface area contributed by atoms with E-state index in [0.717, 1.165) is 44.9 Å². The number of hydrogen-bond donors (Lipinski definition) is 3. The standard InChI is InChI=1S/C60H117NO5/c1-3-5-7-9-11-13-15-17-18-26-29-32-36-40-44-48-52-58(63)57(56-62)61-59(64)53-49-45-41-37-33-30-27-24-22-20-19-21-23-25-28-31-35-39-43-47-51-55-66-60(65)54-50-46-42-38-34-16-14-12-10-8-6-4-2/h12,14,57-58,62-63H,3-11,13,15-56H2,1-2H3,(H,61,64)/b14-12-. The summed E-state index contributed by atoms with van der Waals surface area (Å²) in [7, 11) is 0. The fraction of sp³-hybridized carbons (Fsp3) is 0.933. The van der Waals surface area contributed by atoms with Crippen LogP contribution in [0.1, 0.15) is 335 Å². The van der Waals surface area contributed by atoms with Crippen LogP contribution < -0.4 is 5.32 Å². The zero-order valence-electron chi connectivity index (χ0n) is 44.7. The van der Waals surface area contributed by atoms with E-state index in [2.05, 4.69) is 31.3 Å². The predicted molar refractivity (Wildman–Crippen MR) is 287 cm³/mol. The molecule has 3 N–H and O–H groups in total. The molecule has 0 aromatic carbocycles. The third-order valence-electron chi connectivity index (χ3n) is 14.1. The van der Waals surface area contributed by atoms with Crippen molar-refractivity contribution in [2.75, 3.05) is 13.2 Å². The van der Waals surface area contributed by atoms with Crippen molar-refractivity contribution in [1.82, 2.24) is 5.32 Å². The first-order valence-electron chi connectivity index (χ1n) is 29.9. The molecular weight excluding hydrogens is 815 g/mol. The van der Waals surface area contributed by atoms with Crippen molar-refractivity contribution in [3.05, 3.63) is 12.2 Å². The monoisotopic (exact) mass is 932 g/mol. The zero-order valence-corrected chi connectivity index (χ0v) is 44.7. The van der Waals surface area contributed by atoms with Crippen molar-refractivity contribution in [2.24, 2.45) is 0 Å². The second kappa shape index (κ2) is 56.2. The maximum atomic E-state index is 12.5. The maximum absolute atomic E-state index is 12.5. The molecule has 0 fully saturated rings. The lowest BCUT2D eigenvalue weighted by Crippen LogP contribution is -2.45. The summed E-state index contributed by atoms with van der Waals surface area (Å²) < 4.78 is 5.46. The van der Waals surface area contributed by atoms with Crippen LogP contribution in [-0.2, 0) is 14.3 Å². The Hall–Kier alpha value is -1.40. The number of esters is 1. The highest BCUT2D eigenvalue weighted by Gasteiger charge is 2.20. The van der Waals surface area contributed by atoms with Gasteiger partial charge >= 0.3 is 5.97 Å². The minimum absolute atomic E-state index is 0.00248.